The Morgan fingerprint density at radius 1 is 1.38 bits per heavy atom. The average molecular weight is 194 g/mol. The van der Waals surface area contributed by atoms with E-state index in [1.54, 1.807) is 11.3 Å². The lowest BCUT2D eigenvalue weighted by molar-refractivity contribution is 0.573. The topological polar surface area (TPSA) is 17.3 Å². The second kappa shape index (κ2) is 2.58. The van der Waals surface area contributed by atoms with E-state index in [0.717, 1.165) is 4.96 Å². The van der Waals surface area contributed by atoms with E-state index in [9.17, 15) is 0 Å². The second-order valence-electron chi connectivity index (χ2n) is 4.41. The quantitative estimate of drug-likeness (QED) is 0.630. The molecular weight excluding hydrogens is 180 g/mol. The highest BCUT2D eigenvalue weighted by Gasteiger charge is 2.18. The minimum absolute atomic E-state index is 0.151. The molecule has 0 aliphatic carbocycles. The van der Waals surface area contributed by atoms with E-state index in [0.29, 0.717) is 0 Å². The van der Waals surface area contributed by atoms with Crippen LogP contribution in [0.5, 0.6) is 0 Å². The first-order valence-electron chi connectivity index (χ1n) is 4.42. The van der Waals surface area contributed by atoms with Gasteiger partial charge in [0.25, 0.3) is 0 Å². The Morgan fingerprint density at radius 2 is 2.08 bits per heavy atom. The molecule has 0 aliphatic heterocycles. The predicted molar refractivity (Wildman–Crippen MR) is 56.5 cm³/mol. The fourth-order valence-corrected chi connectivity index (χ4v) is 2.11. The number of imidazole rings is 1. The van der Waals surface area contributed by atoms with Crippen molar-refractivity contribution in [3.05, 3.63) is 23.0 Å². The molecule has 0 amide bonds. The van der Waals surface area contributed by atoms with Crippen LogP contribution >= 0.6 is 11.3 Å². The summed E-state index contributed by atoms with van der Waals surface area (Å²) >= 11 is 1.70. The number of hydrogen-bond donors (Lipinski definition) is 0. The molecule has 3 heteroatoms. The van der Waals surface area contributed by atoms with Crippen LogP contribution in [-0.4, -0.2) is 9.38 Å². The van der Waals surface area contributed by atoms with Crippen LogP contribution in [0.1, 0.15) is 32.2 Å². The lowest BCUT2D eigenvalue weighted by Gasteiger charge is -2.13. The molecule has 0 spiro atoms. The van der Waals surface area contributed by atoms with Gasteiger partial charge in [-0.2, -0.15) is 0 Å². The van der Waals surface area contributed by atoms with Crippen molar-refractivity contribution in [3.63, 3.8) is 0 Å². The van der Waals surface area contributed by atoms with Crippen molar-refractivity contribution in [2.24, 2.45) is 0 Å². The van der Waals surface area contributed by atoms with Crippen LogP contribution in [0, 0.1) is 6.92 Å². The van der Waals surface area contributed by atoms with Crippen LogP contribution in [0.25, 0.3) is 4.96 Å². The summed E-state index contributed by atoms with van der Waals surface area (Å²) in [6.45, 7) is 8.68. The highest BCUT2D eigenvalue weighted by atomic mass is 32.1. The summed E-state index contributed by atoms with van der Waals surface area (Å²) in [6.07, 6.45) is 2.14. The van der Waals surface area contributed by atoms with Crippen molar-refractivity contribution < 1.29 is 0 Å². The molecule has 0 fully saturated rings. The molecule has 0 unspecified atom stereocenters. The number of aryl methyl sites for hydroxylation is 1. The van der Waals surface area contributed by atoms with Gasteiger partial charge in [-0.05, 0) is 6.92 Å². The Labute approximate surface area is 82.2 Å². The van der Waals surface area contributed by atoms with Crippen LogP contribution in [0.3, 0.4) is 0 Å². The lowest BCUT2D eigenvalue weighted by atomic mass is 9.93. The van der Waals surface area contributed by atoms with Gasteiger partial charge >= 0.3 is 0 Å². The molecule has 0 aliphatic rings. The molecule has 0 radical (unpaired) electrons. The van der Waals surface area contributed by atoms with Crippen molar-refractivity contribution in [1.82, 2.24) is 9.38 Å². The number of fused-ring (bicyclic) bond motifs is 1. The largest absolute Gasteiger partial charge is 0.295 e. The number of rotatable bonds is 0. The van der Waals surface area contributed by atoms with Crippen molar-refractivity contribution >= 4 is 16.3 Å². The maximum absolute atomic E-state index is 4.59. The zero-order valence-corrected chi connectivity index (χ0v) is 9.27. The zero-order chi connectivity index (χ0) is 9.64. The molecule has 2 rings (SSSR count). The van der Waals surface area contributed by atoms with Gasteiger partial charge in [0, 0.05) is 22.7 Å². The normalized spacial score (nSPS) is 12.6. The molecule has 0 bridgehead atoms. The van der Waals surface area contributed by atoms with Crippen LogP contribution in [0.15, 0.2) is 11.6 Å². The highest BCUT2D eigenvalue weighted by Crippen LogP contribution is 2.24. The predicted octanol–water partition coefficient (Wildman–Crippen LogP) is 3.00. The fraction of sp³-hybridized carbons (Fsp3) is 0.500. The summed E-state index contributed by atoms with van der Waals surface area (Å²) in [4.78, 5) is 5.69. The summed E-state index contributed by atoms with van der Waals surface area (Å²) in [7, 11) is 0. The van der Waals surface area contributed by atoms with E-state index in [2.05, 4.69) is 48.7 Å². The van der Waals surface area contributed by atoms with Gasteiger partial charge in [-0.25, -0.2) is 4.98 Å². The molecule has 0 saturated heterocycles. The number of hydrogen-bond acceptors (Lipinski definition) is 2. The first-order chi connectivity index (χ1) is 5.98. The summed E-state index contributed by atoms with van der Waals surface area (Å²) in [5.41, 5.74) is 2.59. The highest BCUT2D eigenvalue weighted by molar-refractivity contribution is 7.15. The van der Waals surface area contributed by atoms with Crippen LogP contribution in [0.2, 0.25) is 0 Å². The van der Waals surface area contributed by atoms with E-state index >= 15 is 0 Å². The smallest absolute Gasteiger partial charge is 0.194 e. The second-order valence-corrected chi connectivity index (χ2v) is 5.24. The zero-order valence-electron chi connectivity index (χ0n) is 8.46. The van der Waals surface area contributed by atoms with Gasteiger partial charge in [0.05, 0.1) is 5.69 Å². The molecule has 0 N–H and O–H groups in total. The van der Waals surface area contributed by atoms with Crippen molar-refractivity contribution in [2.75, 3.05) is 0 Å². The number of nitrogens with zero attached hydrogens (tertiary/aromatic N) is 2. The molecule has 0 saturated carbocycles. The summed E-state index contributed by atoms with van der Waals surface area (Å²) in [5, 5.41) is 2.13. The SMILES string of the molecule is Cc1csc2nc(C(C)(C)C)cn12. The van der Waals surface area contributed by atoms with Gasteiger partial charge in [0.15, 0.2) is 4.96 Å². The molecule has 13 heavy (non-hydrogen) atoms. The summed E-state index contributed by atoms with van der Waals surface area (Å²) in [6, 6.07) is 0. The Kier molecular flexibility index (Phi) is 1.74. The third kappa shape index (κ3) is 1.37. The van der Waals surface area contributed by atoms with Gasteiger partial charge < -0.3 is 0 Å². The summed E-state index contributed by atoms with van der Waals surface area (Å²) in [5.74, 6) is 0. The van der Waals surface area contributed by atoms with Gasteiger partial charge in [0.1, 0.15) is 0 Å². The van der Waals surface area contributed by atoms with Gasteiger partial charge in [-0.1, -0.05) is 20.8 Å². The Bertz CT molecular complexity index is 431. The molecule has 2 heterocycles. The molecule has 2 aromatic rings. The maximum atomic E-state index is 4.59. The molecule has 2 nitrogen and oxygen atoms in total. The fourth-order valence-electron chi connectivity index (χ4n) is 1.26. The molecule has 70 valence electrons. The maximum Gasteiger partial charge on any atom is 0.194 e. The standard InChI is InChI=1S/C10H14N2S/c1-7-6-13-9-11-8(5-12(7)9)10(2,3)4/h5-6H,1-4H3. The first kappa shape index (κ1) is 8.75. The first-order valence-corrected chi connectivity index (χ1v) is 5.30. The Hall–Kier alpha value is -0.830. The van der Waals surface area contributed by atoms with Gasteiger partial charge in [-0.15, -0.1) is 11.3 Å². The van der Waals surface area contributed by atoms with E-state index in [-0.39, 0.29) is 5.41 Å². The van der Waals surface area contributed by atoms with Crippen LogP contribution in [0.4, 0.5) is 0 Å². The van der Waals surface area contributed by atoms with Crippen molar-refractivity contribution in [2.45, 2.75) is 33.1 Å². The van der Waals surface area contributed by atoms with Crippen LogP contribution in [-0.2, 0) is 5.41 Å². The van der Waals surface area contributed by atoms with Crippen molar-refractivity contribution in [1.29, 1.82) is 0 Å². The Morgan fingerprint density at radius 3 is 2.62 bits per heavy atom. The molecule has 0 aromatic carbocycles. The molecule has 2 aromatic heterocycles. The van der Waals surface area contributed by atoms with E-state index in [1.165, 1.54) is 11.4 Å². The van der Waals surface area contributed by atoms with Gasteiger partial charge in [0.2, 0.25) is 0 Å². The van der Waals surface area contributed by atoms with Crippen molar-refractivity contribution in [3.8, 4) is 0 Å². The number of aromatic nitrogens is 2. The minimum atomic E-state index is 0.151. The van der Waals surface area contributed by atoms with E-state index < -0.39 is 0 Å². The van der Waals surface area contributed by atoms with Gasteiger partial charge in [-0.3, -0.25) is 4.40 Å². The lowest BCUT2D eigenvalue weighted by Crippen LogP contribution is -2.11. The third-order valence-electron chi connectivity index (χ3n) is 2.16. The van der Waals surface area contributed by atoms with Crippen LogP contribution < -0.4 is 0 Å². The van der Waals surface area contributed by atoms with E-state index in [1.807, 2.05) is 0 Å². The molecule has 0 atom stereocenters. The number of thiazole rings is 1. The summed E-state index contributed by atoms with van der Waals surface area (Å²) < 4.78 is 2.16. The third-order valence-corrected chi connectivity index (χ3v) is 3.11. The minimum Gasteiger partial charge on any atom is -0.295 e. The average Bonchev–Trinajstić information content (AvgIpc) is 2.51. The molecular formula is C10H14N2S. The van der Waals surface area contributed by atoms with E-state index in [4.69, 9.17) is 0 Å². The Balaban J connectivity index is 2.63. The monoisotopic (exact) mass is 194 g/mol.